The van der Waals surface area contributed by atoms with E-state index < -0.39 is 15.4 Å². The number of nitrogens with one attached hydrogen (secondary N) is 1. The number of benzene rings is 1. The highest BCUT2D eigenvalue weighted by Gasteiger charge is 2.24. The molecule has 0 atom stereocenters. The van der Waals surface area contributed by atoms with E-state index in [2.05, 4.69) is 20.9 Å². The van der Waals surface area contributed by atoms with Gasteiger partial charge < -0.3 is 8.98 Å². The van der Waals surface area contributed by atoms with Crippen LogP contribution in [0, 0.1) is 12.3 Å². The van der Waals surface area contributed by atoms with Crippen LogP contribution in [0.1, 0.15) is 11.3 Å². The molecule has 0 unspecified atom stereocenters. The molecule has 166 valence electrons. The maximum atomic E-state index is 13.5. The largest absolute Gasteiger partial charge is 0.467 e. The Morgan fingerprint density at radius 1 is 1.09 bits per heavy atom. The number of halogens is 1. The van der Waals surface area contributed by atoms with Crippen molar-refractivity contribution in [2.45, 2.75) is 23.3 Å². The highest BCUT2D eigenvalue weighted by Crippen LogP contribution is 2.23. The van der Waals surface area contributed by atoms with Crippen molar-refractivity contribution < 1.29 is 12.8 Å². The molecule has 0 spiro atoms. The predicted molar refractivity (Wildman–Crippen MR) is 125 cm³/mol. The lowest BCUT2D eigenvalue weighted by molar-refractivity contribution is 0.488. The zero-order valence-electron chi connectivity index (χ0n) is 17.3. The van der Waals surface area contributed by atoms with E-state index in [0.29, 0.717) is 11.4 Å². The fourth-order valence-corrected chi connectivity index (χ4v) is 5.38. The number of pyridine rings is 2. The second kappa shape index (κ2) is 7.82. The summed E-state index contributed by atoms with van der Waals surface area (Å²) in [5.41, 5.74) is 0.724. The van der Waals surface area contributed by atoms with Gasteiger partial charge in [-0.15, -0.1) is 0 Å². The molecule has 5 rings (SSSR count). The van der Waals surface area contributed by atoms with Crippen LogP contribution >= 0.6 is 15.9 Å². The minimum absolute atomic E-state index is 0.0211. The average molecular weight is 525 g/mol. The Kier molecular flexibility index (Phi) is 5.06. The summed E-state index contributed by atoms with van der Waals surface area (Å²) in [7, 11) is -4.09. The third-order valence-corrected chi connectivity index (χ3v) is 7.72. The summed E-state index contributed by atoms with van der Waals surface area (Å²) >= 11 is 3.30. The molecule has 4 aromatic heterocycles. The van der Waals surface area contributed by atoms with Gasteiger partial charge in [-0.05, 0) is 61.0 Å². The summed E-state index contributed by atoms with van der Waals surface area (Å²) in [4.78, 5) is 17.8. The molecule has 1 N–H and O–H groups in total. The quantitative estimate of drug-likeness (QED) is 0.360. The fourth-order valence-electron chi connectivity index (χ4n) is 3.73. The Bertz CT molecular complexity index is 1750. The molecule has 0 bridgehead atoms. The first-order valence-corrected chi connectivity index (χ1v) is 12.2. The first-order valence-electron chi connectivity index (χ1n) is 9.90. The Balaban J connectivity index is 1.90. The highest BCUT2D eigenvalue weighted by atomic mass is 79.9. The molecule has 0 amide bonds. The van der Waals surface area contributed by atoms with Crippen molar-refractivity contribution in [1.29, 1.82) is 5.41 Å². The maximum Gasteiger partial charge on any atom is 0.267 e. The zero-order chi connectivity index (χ0) is 23.3. The fraction of sp³-hybridized carbons (Fsp3) is 0.0870. The first kappa shape index (κ1) is 21.4. The zero-order valence-corrected chi connectivity index (χ0v) is 19.7. The highest BCUT2D eigenvalue weighted by molar-refractivity contribution is 9.10. The minimum atomic E-state index is -4.09. The van der Waals surface area contributed by atoms with E-state index in [1.165, 1.54) is 33.4 Å². The Morgan fingerprint density at radius 2 is 1.85 bits per heavy atom. The summed E-state index contributed by atoms with van der Waals surface area (Å²) in [5, 5.41) is 8.89. The van der Waals surface area contributed by atoms with Crippen LogP contribution in [-0.4, -0.2) is 22.4 Å². The molecule has 5 aromatic rings. The van der Waals surface area contributed by atoms with Crippen molar-refractivity contribution in [1.82, 2.24) is 14.0 Å². The summed E-state index contributed by atoms with van der Waals surface area (Å²) in [6.07, 6.45) is 3.08. The van der Waals surface area contributed by atoms with Gasteiger partial charge in [-0.1, -0.05) is 22.0 Å². The van der Waals surface area contributed by atoms with E-state index in [1.807, 2.05) is 13.0 Å². The molecule has 8 nitrogen and oxygen atoms in total. The van der Waals surface area contributed by atoms with Crippen LogP contribution in [0.2, 0.25) is 0 Å². The van der Waals surface area contributed by atoms with E-state index >= 15 is 0 Å². The summed E-state index contributed by atoms with van der Waals surface area (Å²) in [5.74, 6) is 0.500. The lowest BCUT2D eigenvalue weighted by Gasteiger charge is -2.15. The third kappa shape index (κ3) is 3.51. The number of aromatic nitrogens is 3. The number of aryl methyl sites for hydroxylation is 1. The van der Waals surface area contributed by atoms with Crippen LogP contribution in [0.5, 0.6) is 0 Å². The van der Waals surface area contributed by atoms with E-state index in [1.54, 1.807) is 36.5 Å². The Hall–Kier alpha value is -3.50. The molecular weight excluding hydrogens is 508 g/mol. The van der Waals surface area contributed by atoms with Crippen LogP contribution in [-0.2, 0) is 16.4 Å². The first-order chi connectivity index (χ1) is 15.8. The molecule has 10 heteroatoms. The van der Waals surface area contributed by atoms with E-state index in [4.69, 9.17) is 9.83 Å². The van der Waals surface area contributed by atoms with Crippen molar-refractivity contribution in [2.75, 3.05) is 0 Å². The SMILES string of the molecule is Cc1cccn2c(=O)c3cc(S(=O)(=O)c4ccc(Br)cc4)c(=N)n(Cc4ccco4)c3nc12. The van der Waals surface area contributed by atoms with Crippen LogP contribution in [0.25, 0.3) is 16.7 Å². The molecule has 0 saturated heterocycles. The topological polar surface area (TPSA) is 110 Å². The second-order valence-electron chi connectivity index (χ2n) is 7.52. The smallest absolute Gasteiger partial charge is 0.267 e. The van der Waals surface area contributed by atoms with Gasteiger partial charge in [-0.25, -0.2) is 13.4 Å². The standard InChI is InChI=1S/C23H17BrN4O4S/c1-14-4-2-10-27-21(14)26-22-18(23(27)29)12-19(20(25)28(22)13-16-5-3-11-32-16)33(30,31)17-8-6-15(24)7-9-17/h2-12,25H,13H2,1H3. The molecule has 1 aromatic carbocycles. The van der Waals surface area contributed by atoms with Crippen molar-refractivity contribution in [3.05, 3.63) is 98.7 Å². The van der Waals surface area contributed by atoms with Crippen molar-refractivity contribution in [2.24, 2.45) is 0 Å². The van der Waals surface area contributed by atoms with Crippen LogP contribution in [0.4, 0.5) is 0 Å². The average Bonchev–Trinajstić information content (AvgIpc) is 3.30. The Labute approximate surface area is 196 Å². The van der Waals surface area contributed by atoms with Gasteiger partial charge in [-0.3, -0.25) is 14.6 Å². The van der Waals surface area contributed by atoms with Gasteiger partial charge >= 0.3 is 0 Å². The number of rotatable bonds is 4. The van der Waals surface area contributed by atoms with Gasteiger partial charge in [0.2, 0.25) is 9.84 Å². The number of furan rings is 1. The summed E-state index contributed by atoms with van der Waals surface area (Å²) in [6.45, 7) is 1.87. The lowest BCUT2D eigenvalue weighted by Crippen LogP contribution is -2.30. The number of fused-ring (bicyclic) bond motifs is 2. The molecule has 0 aliphatic carbocycles. The number of hydrogen-bond acceptors (Lipinski definition) is 6. The molecule has 0 radical (unpaired) electrons. The van der Waals surface area contributed by atoms with Crippen LogP contribution in [0.3, 0.4) is 0 Å². The predicted octanol–water partition coefficient (Wildman–Crippen LogP) is 3.67. The van der Waals surface area contributed by atoms with Crippen molar-refractivity contribution in [3.8, 4) is 0 Å². The van der Waals surface area contributed by atoms with E-state index in [9.17, 15) is 13.2 Å². The van der Waals surface area contributed by atoms with E-state index in [0.717, 1.165) is 10.0 Å². The van der Waals surface area contributed by atoms with Gasteiger partial charge in [0.05, 0.1) is 23.1 Å². The normalized spacial score (nSPS) is 11.9. The van der Waals surface area contributed by atoms with Crippen molar-refractivity contribution >= 4 is 42.4 Å². The third-order valence-electron chi connectivity index (χ3n) is 5.41. The summed E-state index contributed by atoms with van der Waals surface area (Å²) < 4.78 is 35.9. The molecule has 33 heavy (non-hydrogen) atoms. The Morgan fingerprint density at radius 3 is 2.55 bits per heavy atom. The van der Waals surface area contributed by atoms with Crippen LogP contribution in [0.15, 0.2) is 90.5 Å². The van der Waals surface area contributed by atoms with E-state index in [-0.39, 0.29) is 32.9 Å². The van der Waals surface area contributed by atoms with Gasteiger partial charge in [0, 0.05) is 10.7 Å². The minimum Gasteiger partial charge on any atom is -0.467 e. The second-order valence-corrected chi connectivity index (χ2v) is 10.4. The molecular formula is C23H17BrN4O4S. The van der Waals surface area contributed by atoms with Gasteiger partial charge in [0.15, 0.2) is 0 Å². The van der Waals surface area contributed by atoms with Gasteiger partial charge in [-0.2, -0.15) is 0 Å². The maximum absolute atomic E-state index is 13.5. The number of hydrogen-bond donors (Lipinski definition) is 1. The molecule has 0 saturated carbocycles. The molecule has 0 aliphatic rings. The van der Waals surface area contributed by atoms with Gasteiger partial charge in [0.1, 0.15) is 27.4 Å². The lowest BCUT2D eigenvalue weighted by atomic mass is 10.2. The van der Waals surface area contributed by atoms with Gasteiger partial charge in [0.25, 0.3) is 5.56 Å². The number of sulfone groups is 1. The molecule has 4 heterocycles. The van der Waals surface area contributed by atoms with Crippen LogP contribution < -0.4 is 11.0 Å². The molecule has 0 fully saturated rings. The summed E-state index contributed by atoms with van der Waals surface area (Å²) in [6, 6.07) is 14.4. The monoisotopic (exact) mass is 524 g/mol. The van der Waals surface area contributed by atoms with Crippen molar-refractivity contribution in [3.63, 3.8) is 0 Å². The molecule has 0 aliphatic heterocycles. The number of nitrogens with zero attached hydrogens (tertiary/aromatic N) is 3.